The van der Waals surface area contributed by atoms with Crippen LogP contribution >= 0.6 is 11.6 Å². The predicted molar refractivity (Wildman–Crippen MR) is 234 cm³/mol. The lowest BCUT2D eigenvalue weighted by molar-refractivity contribution is -0.235. The Labute approximate surface area is 360 Å². The monoisotopic (exact) mass is 835 g/mol. The third-order valence-electron chi connectivity index (χ3n) is 18.2. The molecule has 1 aromatic carbocycles. The van der Waals surface area contributed by atoms with E-state index in [-0.39, 0.29) is 51.8 Å². The van der Waals surface area contributed by atoms with Crippen LogP contribution in [0.25, 0.3) is 0 Å². The number of aliphatic carboxylic acids is 1. The van der Waals surface area contributed by atoms with Gasteiger partial charge in [0, 0.05) is 48.5 Å². The molecule has 59 heavy (non-hydrogen) atoms. The summed E-state index contributed by atoms with van der Waals surface area (Å²) in [6, 6.07) is 8.10. The van der Waals surface area contributed by atoms with Crippen molar-refractivity contribution in [2.45, 2.75) is 158 Å². The summed E-state index contributed by atoms with van der Waals surface area (Å²) in [5.74, 6) is 0.0422. The van der Waals surface area contributed by atoms with E-state index in [1.165, 1.54) is 24.0 Å². The van der Waals surface area contributed by atoms with Gasteiger partial charge in [0.2, 0.25) is 0 Å². The Kier molecular flexibility index (Phi) is 12.2. The lowest BCUT2D eigenvalue weighted by Crippen LogP contribution is -2.66. The average molecular weight is 836 g/mol. The number of ketones is 1. The molecule has 1 aromatic rings. The lowest BCUT2D eigenvalue weighted by Gasteiger charge is -2.72. The second-order valence-electron chi connectivity index (χ2n) is 22.5. The molecule has 0 bridgehead atoms. The fourth-order valence-corrected chi connectivity index (χ4v) is 14.8. The number of ether oxygens (including phenoxy) is 1. The predicted octanol–water partition coefficient (Wildman–Crippen LogP) is 9.99. The topological polar surface area (TPSA) is 107 Å². The fraction of sp³-hybridized carbons (Fsp3) is 0.780. The van der Waals surface area contributed by atoms with E-state index in [1.807, 2.05) is 12.1 Å². The minimum absolute atomic E-state index is 0.0260. The van der Waals surface area contributed by atoms with Crippen LogP contribution < -0.4 is 0 Å². The van der Waals surface area contributed by atoms with Crippen LogP contribution in [0.4, 0.5) is 0 Å². The highest BCUT2D eigenvalue weighted by Gasteiger charge is 2.71. The summed E-state index contributed by atoms with van der Waals surface area (Å²) in [5.41, 5.74) is 1.62. The van der Waals surface area contributed by atoms with Gasteiger partial charge >= 0.3 is 11.9 Å². The number of nitrogens with zero attached hydrogens (tertiary/aromatic N) is 2. The molecular formula is C50H75ClN2O6. The lowest BCUT2D eigenvalue weighted by atomic mass is 9.33. The molecule has 0 unspecified atom stereocenters. The second-order valence-corrected chi connectivity index (χ2v) is 22.9. The Bertz CT molecular complexity index is 1800. The molecule has 0 amide bonds. The van der Waals surface area contributed by atoms with Gasteiger partial charge in [-0.25, -0.2) is 0 Å². The van der Waals surface area contributed by atoms with E-state index >= 15 is 0 Å². The molecule has 0 radical (unpaired) electrons. The minimum atomic E-state index is -1.17. The number of esters is 1. The average Bonchev–Trinajstić information content (AvgIpc) is 3.79. The summed E-state index contributed by atoms with van der Waals surface area (Å²) in [4.78, 5) is 44.4. The largest absolute Gasteiger partial charge is 0.481 e. The van der Waals surface area contributed by atoms with Crippen LogP contribution in [0.2, 0.25) is 5.02 Å². The summed E-state index contributed by atoms with van der Waals surface area (Å²) in [5, 5.41) is 23.2. The molecule has 4 saturated carbocycles. The van der Waals surface area contributed by atoms with Crippen LogP contribution in [-0.2, 0) is 25.7 Å². The zero-order chi connectivity index (χ0) is 42.9. The smallest absolute Gasteiger partial charge is 0.309 e. The molecule has 6 aliphatic rings. The quantitative estimate of drug-likeness (QED) is 0.189. The SMILES string of the molecule is CC(C)C1=C2[C@H]3CC[C@@H]4[C@@]5(C)CC[C@H](OC(=O)CC(C)(C)C(=O)O)C(C)(C)[C@@H]5CC[C@@]4(C)[C@]3(C)CC[C@@]2([C@@H](O)CN(CCN2CCCC2)Cc2ccc(Cl)cc2)CC1=O. The highest BCUT2D eigenvalue weighted by atomic mass is 35.5. The van der Waals surface area contributed by atoms with Crippen LogP contribution in [0.15, 0.2) is 35.4 Å². The van der Waals surface area contributed by atoms with Crippen molar-refractivity contribution in [3.63, 3.8) is 0 Å². The molecule has 9 atom stereocenters. The van der Waals surface area contributed by atoms with E-state index in [4.69, 9.17) is 16.3 Å². The number of rotatable bonds is 13. The van der Waals surface area contributed by atoms with Gasteiger partial charge in [0.05, 0.1) is 17.9 Å². The van der Waals surface area contributed by atoms with E-state index in [0.29, 0.717) is 24.8 Å². The number of carboxylic acid groups (broad SMARTS) is 1. The van der Waals surface area contributed by atoms with Gasteiger partial charge in [-0.05, 0) is 154 Å². The molecule has 1 aliphatic heterocycles. The maximum atomic E-state index is 14.4. The van der Waals surface area contributed by atoms with Gasteiger partial charge < -0.3 is 19.8 Å². The minimum Gasteiger partial charge on any atom is -0.481 e. The zero-order valence-corrected chi connectivity index (χ0v) is 38.6. The van der Waals surface area contributed by atoms with E-state index in [1.54, 1.807) is 13.8 Å². The Morgan fingerprint density at radius 2 is 1.61 bits per heavy atom. The maximum absolute atomic E-state index is 14.4. The summed E-state index contributed by atoms with van der Waals surface area (Å²) in [6.45, 7) is 25.2. The highest BCUT2D eigenvalue weighted by Crippen LogP contribution is 2.77. The second kappa shape index (κ2) is 16.1. The van der Waals surface area contributed by atoms with Gasteiger partial charge in [0.25, 0.3) is 0 Å². The van der Waals surface area contributed by atoms with E-state index in [0.717, 1.165) is 94.7 Å². The Balaban J connectivity index is 1.15. The number of aliphatic hydroxyl groups is 1. The van der Waals surface area contributed by atoms with Gasteiger partial charge in [-0.1, -0.05) is 77.8 Å². The number of hydrogen-bond donors (Lipinski definition) is 2. The number of likely N-dealkylation sites (tertiary alicyclic amines) is 1. The molecule has 5 aliphatic carbocycles. The van der Waals surface area contributed by atoms with Crippen molar-refractivity contribution in [3.05, 3.63) is 46.0 Å². The molecule has 328 valence electrons. The van der Waals surface area contributed by atoms with Crippen molar-refractivity contribution in [1.82, 2.24) is 9.80 Å². The Morgan fingerprint density at radius 3 is 2.25 bits per heavy atom. The molecule has 1 heterocycles. The maximum Gasteiger partial charge on any atom is 0.309 e. The standard InChI is InChI=1S/C50H75ClN2O6/c1-32(2)42-36(54)28-50(39(55)31-53(27-26-52-24-10-11-25-52)30-33-12-14-34(51)15-13-33)23-22-48(8)35(43(42)50)16-17-38-47(7)20-19-40(59-41(56)29-45(3,4)44(57)58)46(5,6)37(47)18-21-49(38,48)9/h12-15,32,35,37-40,55H,10-11,16-31H2,1-9H3,(H,57,58)/t35-,37+,38-,39+,40+,47+,48-,49-,50+/m1/s1. The number of aliphatic hydroxyl groups excluding tert-OH is 1. The molecular weight excluding hydrogens is 760 g/mol. The van der Waals surface area contributed by atoms with Crippen LogP contribution in [0.1, 0.15) is 145 Å². The molecule has 0 aromatic heterocycles. The van der Waals surface area contributed by atoms with E-state index in [2.05, 4.69) is 70.4 Å². The molecule has 5 fully saturated rings. The number of Topliss-reactive ketones (excluding diaryl/α,β-unsaturated/α-hetero) is 1. The van der Waals surface area contributed by atoms with Crippen molar-refractivity contribution in [2.75, 3.05) is 32.7 Å². The number of carboxylic acids is 1. The highest BCUT2D eigenvalue weighted by molar-refractivity contribution is 6.30. The van der Waals surface area contributed by atoms with Crippen molar-refractivity contribution < 1.29 is 29.3 Å². The van der Waals surface area contributed by atoms with Crippen molar-refractivity contribution in [1.29, 1.82) is 0 Å². The first-order valence-corrected chi connectivity index (χ1v) is 23.5. The molecule has 2 N–H and O–H groups in total. The normalized spacial score (nSPS) is 36.3. The van der Waals surface area contributed by atoms with Gasteiger partial charge in [0.1, 0.15) is 6.10 Å². The zero-order valence-electron chi connectivity index (χ0n) is 37.8. The summed E-state index contributed by atoms with van der Waals surface area (Å²) in [6.07, 6.45) is 9.72. The molecule has 1 saturated heterocycles. The third kappa shape index (κ3) is 7.68. The summed E-state index contributed by atoms with van der Waals surface area (Å²) < 4.78 is 6.21. The summed E-state index contributed by atoms with van der Waals surface area (Å²) >= 11 is 6.29. The van der Waals surface area contributed by atoms with Gasteiger partial charge in [-0.2, -0.15) is 0 Å². The first kappa shape index (κ1) is 44.8. The number of allylic oxidation sites excluding steroid dienone is 1. The van der Waals surface area contributed by atoms with Crippen LogP contribution in [0.3, 0.4) is 0 Å². The molecule has 7 rings (SSSR count). The van der Waals surface area contributed by atoms with E-state index in [9.17, 15) is 24.6 Å². The number of hydrogen-bond acceptors (Lipinski definition) is 7. The van der Waals surface area contributed by atoms with Crippen molar-refractivity contribution >= 4 is 29.3 Å². The van der Waals surface area contributed by atoms with Gasteiger partial charge in [-0.15, -0.1) is 0 Å². The number of benzene rings is 1. The Morgan fingerprint density at radius 1 is 0.932 bits per heavy atom. The van der Waals surface area contributed by atoms with Crippen LogP contribution in [-0.4, -0.2) is 82.7 Å². The van der Waals surface area contributed by atoms with Gasteiger partial charge in [0.15, 0.2) is 5.78 Å². The van der Waals surface area contributed by atoms with E-state index < -0.39 is 28.9 Å². The fourth-order valence-electron chi connectivity index (χ4n) is 14.7. The number of carbonyl (C=O) groups excluding carboxylic acids is 2. The van der Waals surface area contributed by atoms with Crippen molar-refractivity contribution in [3.8, 4) is 0 Å². The van der Waals surface area contributed by atoms with Crippen molar-refractivity contribution in [2.24, 2.45) is 56.2 Å². The first-order valence-electron chi connectivity index (χ1n) is 23.2. The number of halogens is 1. The molecule has 0 spiro atoms. The third-order valence-corrected chi connectivity index (χ3v) is 18.4. The molecule has 8 nitrogen and oxygen atoms in total. The van der Waals surface area contributed by atoms with Gasteiger partial charge in [-0.3, -0.25) is 19.3 Å². The summed E-state index contributed by atoms with van der Waals surface area (Å²) in [7, 11) is 0. The first-order chi connectivity index (χ1) is 27.6. The Hall–Kier alpha value is -2.26. The number of carbonyl (C=O) groups is 3. The molecule has 9 heteroatoms. The van der Waals surface area contributed by atoms with Crippen LogP contribution in [0.5, 0.6) is 0 Å². The number of fused-ring (bicyclic) bond motifs is 7. The van der Waals surface area contributed by atoms with Crippen LogP contribution in [0, 0.1) is 56.2 Å².